The fraction of sp³-hybridized carbons (Fsp3) is 0.130. The first-order valence-electron chi connectivity index (χ1n) is 9.34. The van der Waals surface area contributed by atoms with E-state index in [1.807, 2.05) is 44.2 Å². The van der Waals surface area contributed by atoms with Crippen LogP contribution in [0.3, 0.4) is 0 Å². The maximum absolute atomic E-state index is 14.8. The predicted octanol–water partition coefficient (Wildman–Crippen LogP) is 5.24. The van der Waals surface area contributed by atoms with Gasteiger partial charge in [0.25, 0.3) is 11.9 Å². The molecule has 4 aromatic rings. The number of halogens is 1. The summed E-state index contributed by atoms with van der Waals surface area (Å²) >= 11 is 0. The summed E-state index contributed by atoms with van der Waals surface area (Å²) in [6, 6.07) is 14.6. The normalized spacial score (nSPS) is 12.9. The number of nitrogens with one attached hydrogen (secondary N) is 2. The lowest BCUT2D eigenvalue weighted by molar-refractivity contribution is 0.0965. The molecule has 144 valence electrons. The smallest absolute Gasteiger partial charge is 0.300 e. The second-order valence-corrected chi connectivity index (χ2v) is 7.28. The van der Waals surface area contributed by atoms with Gasteiger partial charge >= 0.3 is 0 Å². The van der Waals surface area contributed by atoms with Crippen LogP contribution in [0.25, 0.3) is 22.2 Å². The molecule has 1 amide bonds. The topological polar surface area (TPSA) is 67.2 Å². The quantitative estimate of drug-likeness (QED) is 0.505. The third-order valence-corrected chi connectivity index (χ3v) is 5.19. The summed E-state index contributed by atoms with van der Waals surface area (Å²) in [5.74, 6) is -0.519. The molecule has 0 saturated heterocycles. The zero-order valence-electron chi connectivity index (χ0n) is 16.0. The molecular formula is C23H18FN3O2. The summed E-state index contributed by atoms with van der Waals surface area (Å²) in [4.78, 5) is 16.3. The van der Waals surface area contributed by atoms with Gasteiger partial charge in [-0.2, -0.15) is 4.98 Å². The molecule has 6 heteroatoms. The Kier molecular flexibility index (Phi) is 3.87. The lowest BCUT2D eigenvalue weighted by Crippen LogP contribution is -2.12. The molecule has 5 rings (SSSR count). The van der Waals surface area contributed by atoms with Crippen LogP contribution in [0, 0.1) is 19.7 Å². The van der Waals surface area contributed by atoms with Crippen molar-refractivity contribution in [1.82, 2.24) is 10.3 Å². The monoisotopic (exact) mass is 387 g/mol. The molecule has 1 aliphatic heterocycles. The van der Waals surface area contributed by atoms with E-state index in [-0.39, 0.29) is 17.6 Å². The molecule has 0 spiro atoms. The molecule has 5 nitrogen and oxygen atoms in total. The molecule has 3 aromatic carbocycles. The summed E-state index contributed by atoms with van der Waals surface area (Å²) in [5.41, 5.74) is 6.86. The van der Waals surface area contributed by atoms with Crippen LogP contribution in [0.15, 0.2) is 52.9 Å². The van der Waals surface area contributed by atoms with Crippen molar-refractivity contribution in [3.63, 3.8) is 0 Å². The lowest BCUT2D eigenvalue weighted by Gasteiger charge is -2.09. The number of benzene rings is 3. The number of hydrogen-bond acceptors (Lipinski definition) is 4. The van der Waals surface area contributed by atoms with E-state index in [0.29, 0.717) is 23.3 Å². The maximum Gasteiger partial charge on any atom is 0.300 e. The second-order valence-electron chi connectivity index (χ2n) is 7.28. The maximum atomic E-state index is 14.8. The summed E-state index contributed by atoms with van der Waals surface area (Å²) in [6.45, 7) is 4.40. The third-order valence-electron chi connectivity index (χ3n) is 5.19. The van der Waals surface area contributed by atoms with E-state index < -0.39 is 5.82 Å². The Morgan fingerprint density at radius 2 is 1.93 bits per heavy atom. The number of oxazole rings is 1. The van der Waals surface area contributed by atoms with E-state index >= 15 is 0 Å². The zero-order chi connectivity index (χ0) is 20.1. The zero-order valence-corrected chi connectivity index (χ0v) is 16.0. The number of rotatable bonds is 3. The number of aryl methyl sites for hydroxylation is 2. The average Bonchev–Trinajstić information content (AvgIpc) is 3.27. The van der Waals surface area contributed by atoms with Crippen molar-refractivity contribution in [2.24, 2.45) is 0 Å². The molecule has 0 radical (unpaired) electrons. The van der Waals surface area contributed by atoms with Crippen molar-refractivity contribution >= 4 is 28.7 Å². The Morgan fingerprint density at radius 1 is 1.10 bits per heavy atom. The molecule has 1 aromatic heterocycles. The van der Waals surface area contributed by atoms with Gasteiger partial charge in [0.15, 0.2) is 5.58 Å². The SMILES string of the molecule is Cc1cc(C)c2oc(Nc3ccc(-c4cccc5c4CNC5=O)cc3F)nc2c1. The molecule has 0 aliphatic carbocycles. The van der Waals surface area contributed by atoms with Crippen LogP contribution < -0.4 is 10.6 Å². The Hall–Kier alpha value is -3.67. The summed E-state index contributed by atoms with van der Waals surface area (Å²) in [7, 11) is 0. The number of carbonyl (C=O) groups excluding carboxylic acids is 1. The lowest BCUT2D eigenvalue weighted by atomic mass is 9.96. The van der Waals surface area contributed by atoms with Gasteiger partial charge in [-0.3, -0.25) is 4.79 Å². The van der Waals surface area contributed by atoms with E-state index in [2.05, 4.69) is 15.6 Å². The fourth-order valence-electron chi connectivity index (χ4n) is 3.85. The van der Waals surface area contributed by atoms with Gasteiger partial charge in [-0.25, -0.2) is 4.39 Å². The van der Waals surface area contributed by atoms with Crippen molar-refractivity contribution in [3.05, 3.63) is 76.6 Å². The van der Waals surface area contributed by atoms with Gasteiger partial charge in [-0.1, -0.05) is 24.3 Å². The van der Waals surface area contributed by atoms with Crippen molar-refractivity contribution in [3.8, 4) is 11.1 Å². The minimum atomic E-state index is -0.424. The van der Waals surface area contributed by atoms with Crippen LogP contribution in [0.1, 0.15) is 27.0 Å². The molecule has 1 aliphatic rings. The van der Waals surface area contributed by atoms with Gasteiger partial charge in [0, 0.05) is 12.1 Å². The number of nitrogens with zero attached hydrogens (tertiary/aromatic N) is 1. The van der Waals surface area contributed by atoms with Crippen LogP contribution in [0.5, 0.6) is 0 Å². The predicted molar refractivity (Wildman–Crippen MR) is 110 cm³/mol. The van der Waals surface area contributed by atoms with Crippen LogP contribution in [0.4, 0.5) is 16.1 Å². The third kappa shape index (κ3) is 2.93. The van der Waals surface area contributed by atoms with E-state index in [1.54, 1.807) is 12.1 Å². The molecule has 0 unspecified atom stereocenters. The van der Waals surface area contributed by atoms with Crippen LogP contribution in [-0.4, -0.2) is 10.9 Å². The minimum Gasteiger partial charge on any atom is -0.423 e. The van der Waals surface area contributed by atoms with Crippen molar-refractivity contribution in [1.29, 1.82) is 0 Å². The number of amides is 1. The minimum absolute atomic E-state index is 0.0953. The molecule has 0 atom stereocenters. The fourth-order valence-corrected chi connectivity index (χ4v) is 3.85. The Balaban J connectivity index is 1.48. The molecule has 2 N–H and O–H groups in total. The van der Waals surface area contributed by atoms with Gasteiger partial charge in [0.05, 0.1) is 5.69 Å². The van der Waals surface area contributed by atoms with Crippen LogP contribution in [0.2, 0.25) is 0 Å². The average molecular weight is 387 g/mol. The molecular weight excluding hydrogens is 369 g/mol. The Bertz CT molecular complexity index is 1290. The highest BCUT2D eigenvalue weighted by atomic mass is 19.1. The van der Waals surface area contributed by atoms with Crippen molar-refractivity contribution in [2.75, 3.05) is 5.32 Å². The number of aromatic nitrogens is 1. The highest BCUT2D eigenvalue weighted by Gasteiger charge is 2.22. The molecule has 2 heterocycles. The van der Waals surface area contributed by atoms with E-state index in [9.17, 15) is 9.18 Å². The first-order valence-corrected chi connectivity index (χ1v) is 9.34. The summed E-state index contributed by atoms with van der Waals surface area (Å²) in [6.07, 6.45) is 0. The van der Waals surface area contributed by atoms with Gasteiger partial charge in [0.2, 0.25) is 0 Å². The highest BCUT2D eigenvalue weighted by Crippen LogP contribution is 2.32. The Morgan fingerprint density at radius 3 is 2.76 bits per heavy atom. The second kappa shape index (κ2) is 6.44. The Labute approximate surface area is 166 Å². The number of anilines is 2. The van der Waals surface area contributed by atoms with Crippen LogP contribution in [-0.2, 0) is 6.54 Å². The first-order chi connectivity index (χ1) is 14.0. The van der Waals surface area contributed by atoms with Crippen molar-refractivity contribution in [2.45, 2.75) is 20.4 Å². The van der Waals surface area contributed by atoms with E-state index in [0.717, 1.165) is 27.8 Å². The van der Waals surface area contributed by atoms with Gasteiger partial charge in [-0.15, -0.1) is 0 Å². The van der Waals surface area contributed by atoms with Gasteiger partial charge in [0.1, 0.15) is 11.3 Å². The number of carbonyl (C=O) groups is 1. The largest absolute Gasteiger partial charge is 0.423 e. The first kappa shape index (κ1) is 17.4. The molecule has 0 saturated carbocycles. The highest BCUT2D eigenvalue weighted by molar-refractivity contribution is 6.00. The number of hydrogen-bond donors (Lipinski definition) is 2. The van der Waals surface area contributed by atoms with E-state index in [4.69, 9.17) is 4.42 Å². The molecule has 0 fully saturated rings. The molecule has 29 heavy (non-hydrogen) atoms. The summed E-state index contributed by atoms with van der Waals surface area (Å²) in [5, 5.41) is 5.74. The number of fused-ring (bicyclic) bond motifs is 2. The van der Waals surface area contributed by atoms with Crippen molar-refractivity contribution < 1.29 is 13.6 Å². The summed E-state index contributed by atoms with van der Waals surface area (Å²) < 4.78 is 20.6. The van der Waals surface area contributed by atoms with Gasteiger partial charge < -0.3 is 15.1 Å². The molecule has 0 bridgehead atoms. The van der Waals surface area contributed by atoms with Gasteiger partial charge in [-0.05, 0) is 65.9 Å². The standard InChI is InChI=1S/C23H18FN3O2/c1-12-8-13(2)21-20(9-12)27-23(29-21)26-19-7-6-14(10-18(19)24)15-4-3-5-16-17(15)11-25-22(16)28/h3-10H,11H2,1-2H3,(H,25,28)(H,26,27). The van der Waals surface area contributed by atoms with Crippen LogP contribution >= 0.6 is 0 Å². The van der Waals surface area contributed by atoms with E-state index in [1.165, 1.54) is 6.07 Å².